The molecule has 7 nitrogen and oxygen atoms in total. The fourth-order valence-corrected chi connectivity index (χ4v) is 3.93. The predicted molar refractivity (Wildman–Crippen MR) is 129 cm³/mol. The molecule has 1 aromatic carbocycles. The second-order valence-corrected chi connectivity index (χ2v) is 9.44. The number of aliphatic hydroxyl groups is 1. The molecule has 0 radical (unpaired) electrons. The van der Waals surface area contributed by atoms with Crippen molar-refractivity contribution < 1.29 is 19.2 Å². The number of aromatic nitrogens is 2. The van der Waals surface area contributed by atoms with E-state index in [1.807, 2.05) is 49.9 Å². The smallest absolute Gasteiger partial charge is 0.209 e. The van der Waals surface area contributed by atoms with Crippen LogP contribution >= 0.6 is 0 Å². The zero-order valence-corrected chi connectivity index (χ0v) is 20.1. The maximum absolute atomic E-state index is 10.8. The van der Waals surface area contributed by atoms with Crippen LogP contribution in [-0.4, -0.2) is 52.4 Å². The van der Waals surface area contributed by atoms with Crippen LogP contribution in [0.3, 0.4) is 0 Å². The molecule has 4 rings (SSSR count). The average molecular weight is 454 g/mol. The van der Waals surface area contributed by atoms with E-state index in [4.69, 9.17) is 9.26 Å². The van der Waals surface area contributed by atoms with E-state index in [9.17, 15) is 9.90 Å². The molecule has 0 atom stereocenters. The lowest BCUT2D eigenvalue weighted by molar-refractivity contribution is -0.119. The van der Waals surface area contributed by atoms with Gasteiger partial charge in [-0.15, -0.1) is 0 Å². The minimum absolute atomic E-state index is 0.0417. The van der Waals surface area contributed by atoms with Gasteiger partial charge in [-0.3, -0.25) is 9.78 Å². The van der Waals surface area contributed by atoms with Gasteiger partial charge >= 0.3 is 0 Å². The van der Waals surface area contributed by atoms with Crippen LogP contribution in [0, 0.1) is 5.92 Å². The summed E-state index contributed by atoms with van der Waals surface area (Å²) < 4.78 is 10.6. The number of benzene rings is 1. The summed E-state index contributed by atoms with van der Waals surface area (Å²) in [6.45, 7) is 7.64. The van der Waals surface area contributed by atoms with Crippen LogP contribution in [0.15, 0.2) is 41.2 Å². The molecule has 1 amide bonds. The molecule has 178 valence electrons. The number of rotatable bonds is 6. The summed E-state index contributed by atoms with van der Waals surface area (Å²) in [5.74, 6) is 0.611. The second-order valence-electron chi connectivity index (χ2n) is 9.44. The van der Waals surface area contributed by atoms with Crippen molar-refractivity contribution in [2.45, 2.75) is 58.7 Å². The van der Waals surface area contributed by atoms with Crippen molar-refractivity contribution in [2.75, 3.05) is 20.2 Å². The number of carbonyl (C=O) groups excluding carboxylic acids is 1. The molecule has 0 saturated carbocycles. The molecule has 1 aliphatic heterocycles. The fourth-order valence-electron chi connectivity index (χ4n) is 3.93. The number of fused-ring (bicyclic) bond motifs is 1. The Labute approximate surface area is 195 Å². The third kappa shape index (κ3) is 6.62. The van der Waals surface area contributed by atoms with Crippen LogP contribution in [-0.2, 0) is 22.6 Å². The van der Waals surface area contributed by atoms with Crippen LogP contribution < -0.4 is 0 Å². The fraction of sp³-hybridized carbons (Fsp3) is 0.500. The zero-order chi connectivity index (χ0) is 23.8. The van der Waals surface area contributed by atoms with Crippen molar-refractivity contribution in [3.63, 3.8) is 0 Å². The van der Waals surface area contributed by atoms with Gasteiger partial charge in [0.05, 0.1) is 17.9 Å². The number of nitrogens with zero attached hydrogens (tertiary/aromatic N) is 3. The number of hydrogen-bond acceptors (Lipinski definition) is 6. The van der Waals surface area contributed by atoms with E-state index in [0.29, 0.717) is 11.5 Å². The summed E-state index contributed by atoms with van der Waals surface area (Å²) in [7, 11) is 1.71. The van der Waals surface area contributed by atoms with Crippen molar-refractivity contribution in [1.29, 1.82) is 0 Å². The minimum atomic E-state index is -0.111. The maximum Gasteiger partial charge on any atom is 0.209 e. The minimum Gasteiger partial charge on any atom is -0.392 e. The first-order valence-corrected chi connectivity index (χ1v) is 11.5. The van der Waals surface area contributed by atoms with Crippen LogP contribution in [0.25, 0.3) is 22.1 Å². The first-order chi connectivity index (χ1) is 15.9. The van der Waals surface area contributed by atoms with Gasteiger partial charge in [-0.1, -0.05) is 17.3 Å². The van der Waals surface area contributed by atoms with E-state index in [-0.39, 0.29) is 12.2 Å². The number of aryl methyl sites for hydroxylation is 1. The second kappa shape index (κ2) is 11.4. The molecule has 2 aromatic heterocycles. The highest BCUT2D eigenvalue weighted by Gasteiger charge is 2.20. The van der Waals surface area contributed by atoms with Crippen LogP contribution in [0.5, 0.6) is 0 Å². The van der Waals surface area contributed by atoms with Crippen LogP contribution in [0.4, 0.5) is 0 Å². The Morgan fingerprint density at radius 1 is 1.24 bits per heavy atom. The quantitative estimate of drug-likeness (QED) is 0.548. The Bertz CT molecular complexity index is 1020. The number of piperidine rings is 1. The van der Waals surface area contributed by atoms with E-state index in [2.05, 4.69) is 10.1 Å². The molecule has 0 aliphatic carbocycles. The molecule has 0 bridgehead atoms. The molecule has 3 aromatic rings. The van der Waals surface area contributed by atoms with Gasteiger partial charge < -0.3 is 19.3 Å². The zero-order valence-electron chi connectivity index (χ0n) is 20.1. The summed E-state index contributed by atoms with van der Waals surface area (Å²) in [5.41, 5.74) is 4.25. The summed E-state index contributed by atoms with van der Waals surface area (Å²) in [4.78, 5) is 16.8. The molecule has 0 unspecified atom stereocenters. The number of hydrogen-bond donors (Lipinski definition) is 1. The number of carbonyl (C=O) groups is 1. The Kier molecular flexibility index (Phi) is 8.58. The summed E-state index contributed by atoms with van der Waals surface area (Å²) in [5, 5.41) is 15.2. The molecular formula is C26H35N3O4. The third-order valence-corrected chi connectivity index (χ3v) is 6.15. The van der Waals surface area contributed by atoms with Crippen LogP contribution in [0.1, 0.15) is 51.3 Å². The van der Waals surface area contributed by atoms with Crippen molar-refractivity contribution in [2.24, 2.45) is 5.92 Å². The van der Waals surface area contributed by atoms with Crippen molar-refractivity contribution >= 4 is 17.4 Å². The van der Waals surface area contributed by atoms with Gasteiger partial charge in [-0.2, -0.15) is 0 Å². The van der Waals surface area contributed by atoms with Gasteiger partial charge in [0.1, 0.15) is 0 Å². The summed E-state index contributed by atoms with van der Waals surface area (Å²) in [6.07, 6.45) is 8.42. The molecule has 1 fully saturated rings. The molecule has 7 heteroatoms. The predicted octanol–water partition coefficient (Wildman–Crippen LogP) is 4.61. The van der Waals surface area contributed by atoms with Gasteiger partial charge in [0.2, 0.25) is 6.41 Å². The highest BCUT2D eigenvalue weighted by Crippen LogP contribution is 2.33. The first kappa shape index (κ1) is 24.9. The Morgan fingerprint density at radius 2 is 1.97 bits per heavy atom. The molecule has 0 spiro atoms. The lowest BCUT2D eigenvalue weighted by Crippen LogP contribution is -2.32. The largest absolute Gasteiger partial charge is 0.392 e. The van der Waals surface area contributed by atoms with E-state index in [0.717, 1.165) is 73.0 Å². The summed E-state index contributed by atoms with van der Waals surface area (Å²) >= 11 is 0. The Balaban J connectivity index is 0.000000454. The normalized spacial score (nSPS) is 14.8. The molecular weight excluding hydrogens is 418 g/mol. The van der Waals surface area contributed by atoms with E-state index < -0.39 is 0 Å². The number of pyridine rings is 1. The lowest BCUT2D eigenvalue weighted by atomic mass is 9.91. The number of ether oxygens (including phenoxy) is 1. The highest BCUT2D eigenvalue weighted by molar-refractivity contribution is 5.89. The Morgan fingerprint density at radius 3 is 2.55 bits per heavy atom. The van der Waals surface area contributed by atoms with E-state index >= 15 is 0 Å². The maximum atomic E-state index is 10.8. The van der Waals surface area contributed by atoms with Gasteiger partial charge in [-0.25, -0.2) is 0 Å². The van der Waals surface area contributed by atoms with Gasteiger partial charge in [0, 0.05) is 49.1 Å². The average Bonchev–Trinajstić information content (AvgIpc) is 3.26. The van der Waals surface area contributed by atoms with Gasteiger partial charge in [-0.05, 0) is 70.1 Å². The molecule has 33 heavy (non-hydrogen) atoms. The number of aliphatic hydroxyl groups excluding tert-OH is 1. The Hall–Kier alpha value is -2.77. The van der Waals surface area contributed by atoms with E-state index in [1.165, 1.54) is 0 Å². The molecule has 1 saturated heterocycles. The monoisotopic (exact) mass is 453 g/mol. The number of amides is 1. The number of methoxy groups -OCH3 is 1. The topological polar surface area (TPSA) is 88.7 Å². The van der Waals surface area contributed by atoms with Gasteiger partial charge in [0.25, 0.3) is 0 Å². The molecule has 1 aliphatic rings. The highest BCUT2D eigenvalue weighted by atomic mass is 16.5. The van der Waals surface area contributed by atoms with Crippen molar-refractivity contribution in [3.05, 3.63) is 47.9 Å². The molecule has 3 heterocycles. The first-order valence-electron chi connectivity index (χ1n) is 11.5. The lowest BCUT2D eigenvalue weighted by Gasteiger charge is -2.28. The van der Waals surface area contributed by atoms with Crippen molar-refractivity contribution in [1.82, 2.24) is 15.0 Å². The van der Waals surface area contributed by atoms with Gasteiger partial charge in [0.15, 0.2) is 5.58 Å². The standard InChI is InChI=1S/C21H23N3O3.C5H12O/c25-13-19-17(16-2-1-9-22-12-16)4-5-18-20(23-27-21(18)19)6-3-15-7-10-24(14-26)11-8-15;1-5(2,3)6-4/h1-2,4-5,9,12,14-15,25H,3,6-8,10-11,13H2;1-4H3. The third-order valence-electron chi connectivity index (χ3n) is 6.15. The molecule has 1 N–H and O–H groups in total. The SMILES string of the molecule is COC(C)(C)C.O=CN1CCC(CCc2noc3c(CO)c(-c4cccnc4)ccc23)CC1. The van der Waals surface area contributed by atoms with E-state index in [1.54, 1.807) is 19.5 Å². The summed E-state index contributed by atoms with van der Waals surface area (Å²) in [6, 6.07) is 7.88. The van der Waals surface area contributed by atoms with Crippen molar-refractivity contribution in [3.8, 4) is 11.1 Å². The van der Waals surface area contributed by atoms with Crippen LogP contribution in [0.2, 0.25) is 0 Å². The number of likely N-dealkylation sites (tertiary alicyclic amines) is 1.